The van der Waals surface area contributed by atoms with Crippen molar-refractivity contribution in [2.24, 2.45) is 0 Å². The summed E-state index contributed by atoms with van der Waals surface area (Å²) < 4.78 is 0. The van der Waals surface area contributed by atoms with Crippen LogP contribution >= 0.6 is 0 Å². The van der Waals surface area contributed by atoms with Gasteiger partial charge in [-0.05, 0) is 47.9 Å². The Balaban J connectivity index is 0.000000120. The smallest absolute Gasteiger partial charge is 0 e. The van der Waals surface area contributed by atoms with Gasteiger partial charge in [0.15, 0.2) is 0 Å². The first-order chi connectivity index (χ1) is 7.93. The molecule has 0 amide bonds. The summed E-state index contributed by atoms with van der Waals surface area (Å²) in [6, 6.07) is 17.3. The monoisotopic (exact) mass is 260 g/mol. The number of hydrogen-bond acceptors (Lipinski definition) is 0. The molecule has 17 heavy (non-hydrogen) atoms. The minimum Gasteiger partial charge on any atom is -0.0620 e. The average molecular weight is 260 g/mol. The molecule has 0 bridgehead atoms. The van der Waals surface area contributed by atoms with Crippen molar-refractivity contribution in [1.82, 2.24) is 0 Å². The van der Waals surface area contributed by atoms with Crippen LogP contribution in [-0.4, -0.2) is 0 Å². The van der Waals surface area contributed by atoms with E-state index in [1.54, 1.807) is 22.3 Å². The molecule has 0 unspecified atom stereocenters. The van der Waals surface area contributed by atoms with E-state index in [1.807, 2.05) is 0 Å². The van der Waals surface area contributed by atoms with Crippen molar-refractivity contribution in [3.63, 3.8) is 0 Å². The molecule has 0 saturated carbocycles. The van der Waals surface area contributed by atoms with E-state index in [4.69, 9.17) is 0 Å². The largest absolute Gasteiger partial charge is 0.0620 e. The van der Waals surface area contributed by atoms with Crippen LogP contribution in [0.5, 0.6) is 0 Å². The van der Waals surface area contributed by atoms with Crippen LogP contribution in [0.25, 0.3) is 0 Å². The summed E-state index contributed by atoms with van der Waals surface area (Å²) in [6.07, 6.45) is 5.21. The quantitative estimate of drug-likeness (QED) is 0.679. The van der Waals surface area contributed by atoms with Gasteiger partial charge in [0.2, 0.25) is 0 Å². The molecule has 0 atom stereocenters. The maximum absolute atomic E-state index is 2.21. The Kier molecular flexibility index (Phi) is 4.05. The summed E-state index contributed by atoms with van der Waals surface area (Å²) in [5.41, 5.74) is 6.19. The first-order valence-corrected chi connectivity index (χ1v) is 6.07. The van der Waals surface area contributed by atoms with Crippen LogP contribution in [0.4, 0.5) is 0 Å². The Morgan fingerprint density at radius 2 is 0.706 bits per heavy atom. The van der Waals surface area contributed by atoms with E-state index in [0.717, 1.165) is 0 Å². The van der Waals surface area contributed by atoms with Crippen molar-refractivity contribution in [2.45, 2.75) is 25.7 Å². The number of fused-ring (bicyclic) bond motifs is 2. The second-order valence-corrected chi connectivity index (χ2v) is 4.54. The van der Waals surface area contributed by atoms with Gasteiger partial charge in [0.25, 0.3) is 0 Å². The molecule has 2 aromatic carbocycles. The van der Waals surface area contributed by atoms with Crippen LogP contribution in [0.1, 0.15) is 22.3 Å². The van der Waals surface area contributed by atoms with Crippen LogP contribution < -0.4 is 0 Å². The minimum absolute atomic E-state index is 0. The Hall–Kier alpha value is -1.03. The standard InChI is InChI=1S/2C8H8.Cr/c2*1-2-4-8-6-5-7(8)3-1;/h2*1-4H,5-6H2;. The van der Waals surface area contributed by atoms with E-state index in [2.05, 4.69) is 48.5 Å². The van der Waals surface area contributed by atoms with Gasteiger partial charge in [-0.2, -0.15) is 0 Å². The van der Waals surface area contributed by atoms with E-state index in [1.165, 1.54) is 25.7 Å². The molecule has 0 radical (unpaired) electrons. The number of aryl methyl sites for hydroxylation is 4. The van der Waals surface area contributed by atoms with Crippen molar-refractivity contribution in [1.29, 1.82) is 0 Å². The van der Waals surface area contributed by atoms with Crippen molar-refractivity contribution in [3.05, 3.63) is 70.8 Å². The maximum Gasteiger partial charge on any atom is 0 e. The zero-order valence-corrected chi connectivity index (χ0v) is 11.1. The Labute approximate surface area is 114 Å². The van der Waals surface area contributed by atoms with E-state index < -0.39 is 0 Å². The van der Waals surface area contributed by atoms with Gasteiger partial charge in [0.05, 0.1) is 0 Å². The SMILES string of the molecule is [Cr].c1ccc2c(c1)CC2.c1ccc2c(c1)CC2. The molecule has 0 heterocycles. The molecular formula is C16H16Cr. The van der Waals surface area contributed by atoms with E-state index in [9.17, 15) is 0 Å². The summed E-state index contributed by atoms with van der Waals surface area (Å²) in [6.45, 7) is 0. The van der Waals surface area contributed by atoms with Gasteiger partial charge in [-0.15, -0.1) is 0 Å². The number of rotatable bonds is 0. The molecule has 2 aliphatic carbocycles. The fraction of sp³-hybridized carbons (Fsp3) is 0.250. The number of benzene rings is 2. The zero-order valence-electron chi connectivity index (χ0n) is 9.86. The summed E-state index contributed by atoms with van der Waals surface area (Å²) in [5.74, 6) is 0. The number of hydrogen-bond donors (Lipinski definition) is 0. The molecule has 0 fully saturated rings. The third-order valence-electron chi connectivity index (χ3n) is 3.56. The minimum atomic E-state index is 0. The molecule has 0 aliphatic heterocycles. The van der Waals surface area contributed by atoms with Gasteiger partial charge < -0.3 is 0 Å². The first-order valence-electron chi connectivity index (χ1n) is 6.07. The third-order valence-corrected chi connectivity index (χ3v) is 3.56. The van der Waals surface area contributed by atoms with Gasteiger partial charge in [-0.3, -0.25) is 0 Å². The molecule has 0 N–H and O–H groups in total. The molecule has 2 aromatic rings. The van der Waals surface area contributed by atoms with Gasteiger partial charge in [-0.1, -0.05) is 48.5 Å². The van der Waals surface area contributed by atoms with Crippen LogP contribution in [0.15, 0.2) is 48.5 Å². The average Bonchev–Trinajstić information content (AvgIpc) is 2.23. The van der Waals surface area contributed by atoms with Crippen molar-refractivity contribution in [2.75, 3.05) is 0 Å². The third kappa shape index (κ3) is 2.63. The van der Waals surface area contributed by atoms with Gasteiger partial charge in [0.1, 0.15) is 0 Å². The molecule has 2 aliphatic rings. The van der Waals surface area contributed by atoms with Crippen molar-refractivity contribution < 1.29 is 17.4 Å². The summed E-state index contributed by atoms with van der Waals surface area (Å²) >= 11 is 0. The van der Waals surface area contributed by atoms with E-state index >= 15 is 0 Å². The van der Waals surface area contributed by atoms with Crippen molar-refractivity contribution in [3.8, 4) is 0 Å². The topological polar surface area (TPSA) is 0 Å². The van der Waals surface area contributed by atoms with Crippen LogP contribution in [0, 0.1) is 0 Å². The summed E-state index contributed by atoms with van der Waals surface area (Å²) in [4.78, 5) is 0. The van der Waals surface area contributed by atoms with Gasteiger partial charge in [-0.25, -0.2) is 0 Å². The zero-order chi connectivity index (χ0) is 10.8. The van der Waals surface area contributed by atoms with Crippen LogP contribution in [0.2, 0.25) is 0 Å². The first kappa shape index (κ1) is 12.4. The normalized spacial score (nSPS) is 13.6. The van der Waals surface area contributed by atoms with E-state index in [0.29, 0.717) is 0 Å². The fourth-order valence-electron chi connectivity index (χ4n) is 2.28. The fourth-order valence-corrected chi connectivity index (χ4v) is 2.28. The van der Waals surface area contributed by atoms with Gasteiger partial charge >= 0.3 is 0 Å². The molecule has 0 aromatic heterocycles. The molecule has 0 spiro atoms. The Morgan fingerprint density at radius 3 is 0.824 bits per heavy atom. The molecule has 4 rings (SSSR count). The maximum atomic E-state index is 2.21. The predicted molar refractivity (Wildman–Crippen MR) is 67.7 cm³/mol. The molecule has 1 heteroatoms. The Bertz CT molecular complexity index is 409. The van der Waals surface area contributed by atoms with Crippen LogP contribution in [0.3, 0.4) is 0 Å². The summed E-state index contributed by atoms with van der Waals surface area (Å²) in [7, 11) is 0. The Morgan fingerprint density at radius 1 is 0.471 bits per heavy atom. The molecule has 0 nitrogen and oxygen atoms in total. The van der Waals surface area contributed by atoms with E-state index in [-0.39, 0.29) is 17.4 Å². The molecule has 0 saturated heterocycles. The van der Waals surface area contributed by atoms with Crippen molar-refractivity contribution >= 4 is 0 Å². The summed E-state index contributed by atoms with van der Waals surface area (Å²) in [5, 5.41) is 0. The second kappa shape index (κ2) is 5.54. The second-order valence-electron chi connectivity index (χ2n) is 4.54. The van der Waals surface area contributed by atoms with Crippen LogP contribution in [-0.2, 0) is 43.0 Å². The van der Waals surface area contributed by atoms with Gasteiger partial charge in [0, 0.05) is 17.4 Å². The predicted octanol–water partition coefficient (Wildman–Crippen LogP) is 3.57. The molecular weight excluding hydrogens is 244 g/mol. The molecule has 86 valence electrons.